The minimum Gasteiger partial charge on any atom is -0.350 e. The van der Waals surface area contributed by atoms with Crippen molar-refractivity contribution in [1.29, 1.82) is 5.26 Å². The lowest BCUT2D eigenvalue weighted by molar-refractivity contribution is -0.250. The molecule has 1 rings (SSSR count). The molecule has 2 N–H and O–H groups in total. The maximum Gasteiger partial charge on any atom is 0.430 e. The molecule has 0 spiro atoms. The number of rotatable bonds is 4. The fourth-order valence-electron chi connectivity index (χ4n) is 1.27. The molecule has 0 bridgehead atoms. The van der Waals surface area contributed by atoms with Crippen LogP contribution in [0.4, 0.5) is 13.2 Å². The lowest BCUT2D eigenvalue weighted by Gasteiger charge is -2.30. The maximum atomic E-state index is 12.7. The summed E-state index contributed by atoms with van der Waals surface area (Å²) in [6, 6.07) is 6.02. The molecule has 0 aliphatic rings. The number of halogens is 4. The molecule has 20 heavy (non-hydrogen) atoms. The van der Waals surface area contributed by atoms with E-state index in [1.165, 1.54) is 6.92 Å². The summed E-state index contributed by atoms with van der Waals surface area (Å²) in [4.78, 5) is 4.08. The van der Waals surface area contributed by atoms with Gasteiger partial charge in [-0.15, -0.1) is 0 Å². The van der Waals surface area contributed by atoms with Gasteiger partial charge in [-0.1, -0.05) is 6.07 Å². The van der Waals surface area contributed by atoms with Gasteiger partial charge in [-0.2, -0.15) is 18.4 Å². The average Bonchev–Trinajstić information content (AvgIpc) is 2.34. The Balaban J connectivity index is 2.91. The molecule has 1 aromatic heterocycles. The highest BCUT2D eigenvalue weighted by Crippen LogP contribution is 2.34. The number of alkyl halides is 3. The summed E-state index contributed by atoms with van der Waals surface area (Å²) < 4.78 is 43.4. The zero-order valence-electron chi connectivity index (χ0n) is 10.8. The van der Waals surface area contributed by atoms with E-state index in [0.717, 1.165) is 6.07 Å². The maximum absolute atomic E-state index is 12.7. The Labute approximate surface area is 122 Å². The summed E-state index contributed by atoms with van der Waals surface area (Å²) in [6.45, 7) is 1.65. The Hall–Kier alpha value is -1.17. The Kier molecular flexibility index (Phi) is 4.79. The second-order valence-electron chi connectivity index (χ2n) is 4.69. The van der Waals surface area contributed by atoms with E-state index in [-0.39, 0.29) is 0 Å². The molecule has 4 nitrogen and oxygen atoms in total. The number of hydrogen-bond acceptors (Lipinski definition) is 4. The van der Waals surface area contributed by atoms with Crippen LogP contribution in [0.1, 0.15) is 19.5 Å². The van der Waals surface area contributed by atoms with Crippen LogP contribution < -0.4 is 5.73 Å². The first-order valence-corrected chi connectivity index (χ1v) is 6.35. The van der Waals surface area contributed by atoms with Crippen LogP contribution in [0.3, 0.4) is 0 Å². The van der Waals surface area contributed by atoms with Gasteiger partial charge in [0.1, 0.15) is 10.7 Å². The first-order chi connectivity index (χ1) is 9.02. The van der Waals surface area contributed by atoms with Gasteiger partial charge in [-0.05, 0) is 41.9 Å². The molecule has 0 aliphatic carbocycles. The molecule has 0 saturated heterocycles. The van der Waals surface area contributed by atoms with Crippen LogP contribution in [0.5, 0.6) is 0 Å². The third-order valence-corrected chi connectivity index (χ3v) is 3.16. The van der Waals surface area contributed by atoms with Crippen molar-refractivity contribution >= 4 is 15.9 Å². The summed E-state index contributed by atoms with van der Waals surface area (Å²) in [5.74, 6) is 0. The normalized spacial score (nSPS) is 17.9. The molecule has 0 aliphatic heterocycles. The minimum absolute atomic E-state index is 0.356. The van der Waals surface area contributed by atoms with Gasteiger partial charge in [-0.3, -0.25) is 0 Å². The van der Waals surface area contributed by atoms with Gasteiger partial charge in [-0.25, -0.2) is 4.98 Å². The van der Waals surface area contributed by atoms with E-state index in [4.69, 9.17) is 15.7 Å². The van der Waals surface area contributed by atoms with Crippen molar-refractivity contribution in [3.63, 3.8) is 0 Å². The molecule has 0 fully saturated rings. The third-order valence-electron chi connectivity index (χ3n) is 2.72. The largest absolute Gasteiger partial charge is 0.430 e. The van der Waals surface area contributed by atoms with Gasteiger partial charge in [0.05, 0.1) is 17.8 Å². The zero-order valence-corrected chi connectivity index (χ0v) is 12.4. The number of nitriles is 1. The van der Waals surface area contributed by atoms with Crippen LogP contribution in [0.15, 0.2) is 22.8 Å². The quantitative estimate of drug-likeness (QED) is 0.846. The number of nitrogens with two attached hydrogens (primary N) is 1. The van der Waals surface area contributed by atoms with E-state index < -0.39 is 23.9 Å². The van der Waals surface area contributed by atoms with Crippen molar-refractivity contribution < 1.29 is 17.9 Å². The summed E-state index contributed by atoms with van der Waals surface area (Å²) in [5, 5.41) is 8.67. The molecule has 1 aromatic rings. The highest BCUT2D eigenvalue weighted by Gasteiger charge is 2.54. The van der Waals surface area contributed by atoms with E-state index >= 15 is 0 Å². The predicted octanol–water partition coefficient (Wildman–Crippen LogP) is 2.88. The topological polar surface area (TPSA) is 71.9 Å². The molecular weight excluding hydrogens is 339 g/mol. The predicted molar refractivity (Wildman–Crippen MR) is 69.5 cm³/mol. The van der Waals surface area contributed by atoms with E-state index in [0.29, 0.717) is 17.2 Å². The van der Waals surface area contributed by atoms with Crippen LogP contribution >= 0.6 is 15.9 Å². The summed E-state index contributed by atoms with van der Waals surface area (Å²) >= 11 is 3.15. The fourth-order valence-corrected chi connectivity index (χ4v) is 1.62. The molecule has 110 valence electrons. The second kappa shape index (κ2) is 5.68. The summed E-state index contributed by atoms with van der Waals surface area (Å²) in [7, 11) is 0. The van der Waals surface area contributed by atoms with Crippen molar-refractivity contribution in [3.05, 3.63) is 28.5 Å². The Morgan fingerprint density at radius 2 is 2.00 bits per heavy atom. The van der Waals surface area contributed by atoms with Crippen molar-refractivity contribution in [1.82, 2.24) is 4.98 Å². The third kappa shape index (κ3) is 3.69. The lowest BCUT2D eigenvalue weighted by Crippen LogP contribution is -2.49. The number of nitrogens with zero attached hydrogens (tertiary/aromatic N) is 2. The average molecular weight is 352 g/mol. The molecule has 1 heterocycles. The van der Waals surface area contributed by atoms with E-state index in [1.807, 2.05) is 0 Å². The van der Waals surface area contributed by atoms with Crippen LogP contribution in [-0.2, 0) is 10.3 Å². The van der Waals surface area contributed by atoms with Crippen molar-refractivity contribution in [3.8, 4) is 6.07 Å². The van der Waals surface area contributed by atoms with Gasteiger partial charge in [0.15, 0.2) is 0 Å². The van der Waals surface area contributed by atoms with Gasteiger partial charge >= 0.3 is 6.18 Å². The first kappa shape index (κ1) is 16.9. The van der Waals surface area contributed by atoms with Crippen molar-refractivity contribution in [2.45, 2.75) is 31.2 Å². The molecule has 0 saturated carbocycles. The van der Waals surface area contributed by atoms with Gasteiger partial charge in [0.25, 0.3) is 0 Å². The lowest BCUT2D eigenvalue weighted by atomic mass is 9.99. The number of hydrogen-bond donors (Lipinski definition) is 1. The molecular formula is C12H13BrF3N3O. The van der Waals surface area contributed by atoms with Crippen LogP contribution in [-0.4, -0.2) is 23.4 Å². The minimum atomic E-state index is -4.80. The molecule has 0 aromatic carbocycles. The summed E-state index contributed by atoms with van der Waals surface area (Å²) in [5.41, 5.74) is 2.12. The van der Waals surface area contributed by atoms with Gasteiger partial charge in [0.2, 0.25) is 5.60 Å². The number of aromatic nitrogens is 1. The summed E-state index contributed by atoms with van der Waals surface area (Å²) in [6.07, 6.45) is -4.80. The Bertz CT molecular complexity index is 527. The van der Waals surface area contributed by atoms with E-state index in [2.05, 4.69) is 20.9 Å². The zero-order chi connectivity index (χ0) is 15.6. The second-order valence-corrected chi connectivity index (χ2v) is 5.51. The molecule has 0 amide bonds. The Morgan fingerprint density at radius 3 is 2.45 bits per heavy atom. The first-order valence-electron chi connectivity index (χ1n) is 5.56. The smallest absolute Gasteiger partial charge is 0.350 e. The van der Waals surface area contributed by atoms with Crippen LogP contribution in [0.25, 0.3) is 0 Å². The van der Waals surface area contributed by atoms with E-state index in [9.17, 15) is 13.2 Å². The Morgan fingerprint density at radius 1 is 1.40 bits per heavy atom. The van der Waals surface area contributed by atoms with Crippen LogP contribution in [0, 0.1) is 11.3 Å². The number of ether oxygens (including phenoxy) is 1. The van der Waals surface area contributed by atoms with Crippen LogP contribution in [0.2, 0.25) is 0 Å². The molecule has 2 atom stereocenters. The monoisotopic (exact) mass is 351 g/mol. The SMILES string of the molecule is CC(N)(CO[C@](C)(C#N)C(F)(F)F)c1cccc(Br)n1. The van der Waals surface area contributed by atoms with E-state index in [1.54, 1.807) is 18.2 Å². The fraction of sp³-hybridized carbons (Fsp3) is 0.500. The van der Waals surface area contributed by atoms with Crippen molar-refractivity contribution in [2.75, 3.05) is 6.61 Å². The van der Waals surface area contributed by atoms with Gasteiger partial charge < -0.3 is 10.5 Å². The highest BCUT2D eigenvalue weighted by molar-refractivity contribution is 9.10. The molecule has 8 heteroatoms. The standard InChI is InChI=1S/C12H13BrF3N3O/c1-10(18,8-4-3-5-9(13)19-8)7-20-11(2,6-17)12(14,15)16/h3-5H,7,18H2,1-2H3/t10?,11-/m1/s1. The van der Waals surface area contributed by atoms with Gasteiger partial charge in [0, 0.05) is 0 Å². The molecule has 1 unspecified atom stereocenters. The highest BCUT2D eigenvalue weighted by atomic mass is 79.9. The van der Waals surface area contributed by atoms with Crippen molar-refractivity contribution in [2.24, 2.45) is 5.73 Å². The molecule has 0 radical (unpaired) electrons. The number of pyridine rings is 1.